The zero-order valence-electron chi connectivity index (χ0n) is 31.7. The van der Waals surface area contributed by atoms with Crippen LogP contribution in [0.3, 0.4) is 0 Å². The Kier molecular flexibility index (Phi) is 8.19. The van der Waals surface area contributed by atoms with Crippen LogP contribution < -0.4 is 9.64 Å². The fourth-order valence-corrected chi connectivity index (χ4v) is 8.81. The van der Waals surface area contributed by atoms with Crippen molar-refractivity contribution in [3.8, 4) is 67.1 Å². The molecule has 2 heteroatoms. The van der Waals surface area contributed by atoms with Crippen LogP contribution in [0.25, 0.3) is 77.2 Å². The van der Waals surface area contributed by atoms with Gasteiger partial charge in [-0.05, 0) is 97.6 Å². The zero-order chi connectivity index (χ0) is 38.4. The predicted octanol–water partition coefficient (Wildman–Crippen LogP) is 15.9. The van der Waals surface area contributed by atoms with E-state index < -0.39 is 0 Å². The van der Waals surface area contributed by atoms with E-state index in [0.717, 1.165) is 56.2 Å². The standard InChI is InChI=1S/C56H37NO/c1-3-15-38(16-4-1)39-31-34-44(35-32-39)57(52-29-10-8-24-47(52)48-26-12-20-41-19-11-25-46(55(41)48)40-17-5-2-6-18-40)51-28-9-7-23-45(51)43-33-36-53-50(37-43)49-27-13-21-42-22-14-30-54(58-53)56(42)49/h1-37H. The summed E-state index contributed by atoms with van der Waals surface area (Å²) < 4.78 is 6.54. The molecule has 58 heavy (non-hydrogen) atoms. The molecule has 0 fully saturated rings. The third-order valence-electron chi connectivity index (χ3n) is 11.5. The number of rotatable bonds is 7. The fraction of sp³-hybridized carbons (Fsp3) is 0. The number of benzene rings is 10. The summed E-state index contributed by atoms with van der Waals surface area (Å²) in [5, 5.41) is 4.78. The van der Waals surface area contributed by atoms with Crippen LogP contribution >= 0.6 is 0 Å². The highest BCUT2D eigenvalue weighted by molar-refractivity contribution is 6.09. The SMILES string of the molecule is c1ccc(-c2ccc(N(c3ccccc3-c3ccc4c(c3)-c3cccc5cccc(c35)O4)c3ccccc3-c3cccc4cccc(-c5ccccc5)c34)cc2)cc1. The summed E-state index contributed by atoms with van der Waals surface area (Å²) in [7, 11) is 0. The van der Waals surface area contributed by atoms with Gasteiger partial charge in [0, 0.05) is 27.8 Å². The van der Waals surface area contributed by atoms with Crippen LogP contribution in [0.15, 0.2) is 224 Å². The second-order valence-corrected chi connectivity index (χ2v) is 14.8. The van der Waals surface area contributed by atoms with E-state index in [0.29, 0.717) is 0 Å². The minimum Gasteiger partial charge on any atom is -0.456 e. The first kappa shape index (κ1) is 33.6. The molecule has 0 spiro atoms. The zero-order valence-corrected chi connectivity index (χ0v) is 31.7. The third-order valence-corrected chi connectivity index (χ3v) is 11.5. The minimum atomic E-state index is 0.872. The van der Waals surface area contributed by atoms with Gasteiger partial charge < -0.3 is 9.64 Å². The molecule has 0 radical (unpaired) electrons. The molecule has 0 amide bonds. The van der Waals surface area contributed by atoms with Crippen molar-refractivity contribution in [2.24, 2.45) is 0 Å². The Morgan fingerprint density at radius 1 is 0.276 bits per heavy atom. The second-order valence-electron chi connectivity index (χ2n) is 14.8. The summed E-state index contributed by atoms with van der Waals surface area (Å²) in [5.74, 6) is 1.77. The van der Waals surface area contributed by atoms with E-state index >= 15 is 0 Å². The topological polar surface area (TPSA) is 12.5 Å². The van der Waals surface area contributed by atoms with Crippen molar-refractivity contribution in [3.05, 3.63) is 224 Å². The van der Waals surface area contributed by atoms with Gasteiger partial charge in [0.2, 0.25) is 0 Å². The maximum atomic E-state index is 6.54. The van der Waals surface area contributed by atoms with Crippen molar-refractivity contribution < 1.29 is 4.74 Å². The molecule has 1 heterocycles. The van der Waals surface area contributed by atoms with Crippen LogP contribution in [0.1, 0.15) is 0 Å². The molecular formula is C56H37NO. The Hall–Kier alpha value is -7.68. The van der Waals surface area contributed by atoms with Crippen molar-refractivity contribution in [1.29, 1.82) is 0 Å². The van der Waals surface area contributed by atoms with Crippen molar-refractivity contribution in [2.75, 3.05) is 4.90 Å². The average molecular weight is 740 g/mol. The number of anilines is 3. The lowest BCUT2D eigenvalue weighted by Crippen LogP contribution is -2.12. The fourth-order valence-electron chi connectivity index (χ4n) is 8.81. The van der Waals surface area contributed by atoms with E-state index in [1.165, 1.54) is 49.5 Å². The van der Waals surface area contributed by atoms with Crippen molar-refractivity contribution >= 4 is 38.6 Å². The molecule has 272 valence electrons. The third kappa shape index (κ3) is 5.74. The van der Waals surface area contributed by atoms with Crippen LogP contribution in [0.5, 0.6) is 11.5 Å². The number of para-hydroxylation sites is 2. The molecular weight excluding hydrogens is 703 g/mol. The molecule has 0 aliphatic carbocycles. The van der Waals surface area contributed by atoms with E-state index in [4.69, 9.17) is 4.74 Å². The molecule has 0 atom stereocenters. The summed E-state index contributed by atoms with van der Waals surface area (Å²) in [6.45, 7) is 0. The quantitative estimate of drug-likeness (QED) is 0.161. The number of nitrogens with zero attached hydrogens (tertiary/aromatic N) is 1. The maximum absolute atomic E-state index is 6.54. The lowest BCUT2D eigenvalue weighted by atomic mass is 9.90. The predicted molar refractivity (Wildman–Crippen MR) is 243 cm³/mol. The van der Waals surface area contributed by atoms with E-state index in [9.17, 15) is 0 Å². The van der Waals surface area contributed by atoms with E-state index in [1.54, 1.807) is 0 Å². The molecule has 0 aromatic heterocycles. The maximum Gasteiger partial charge on any atom is 0.135 e. The lowest BCUT2D eigenvalue weighted by molar-refractivity contribution is 0.487. The van der Waals surface area contributed by atoms with Gasteiger partial charge in [0.15, 0.2) is 0 Å². The summed E-state index contributed by atoms with van der Waals surface area (Å²) >= 11 is 0. The Balaban J connectivity index is 1.13. The smallest absolute Gasteiger partial charge is 0.135 e. The van der Waals surface area contributed by atoms with Gasteiger partial charge in [-0.1, -0.05) is 182 Å². The van der Waals surface area contributed by atoms with Crippen LogP contribution in [-0.4, -0.2) is 0 Å². The first-order valence-corrected chi connectivity index (χ1v) is 19.8. The Morgan fingerprint density at radius 3 is 1.48 bits per heavy atom. The highest BCUT2D eigenvalue weighted by Gasteiger charge is 2.24. The summed E-state index contributed by atoms with van der Waals surface area (Å²) in [5.41, 5.74) is 14.9. The Bertz CT molecular complexity index is 3120. The first-order valence-electron chi connectivity index (χ1n) is 19.8. The highest BCUT2D eigenvalue weighted by atomic mass is 16.5. The molecule has 0 bridgehead atoms. The Morgan fingerprint density at radius 2 is 0.776 bits per heavy atom. The van der Waals surface area contributed by atoms with E-state index in [1.807, 2.05) is 0 Å². The van der Waals surface area contributed by atoms with Gasteiger partial charge in [-0.15, -0.1) is 0 Å². The molecule has 0 N–H and O–H groups in total. The summed E-state index contributed by atoms with van der Waals surface area (Å²) in [6.07, 6.45) is 0. The number of hydrogen-bond acceptors (Lipinski definition) is 2. The molecule has 1 aliphatic heterocycles. The molecule has 11 rings (SSSR count). The lowest BCUT2D eigenvalue weighted by Gasteiger charge is -2.30. The van der Waals surface area contributed by atoms with Gasteiger partial charge in [-0.25, -0.2) is 0 Å². The molecule has 0 saturated carbocycles. The van der Waals surface area contributed by atoms with Crippen molar-refractivity contribution in [1.82, 2.24) is 0 Å². The van der Waals surface area contributed by atoms with Crippen LogP contribution in [-0.2, 0) is 0 Å². The number of hydrogen-bond donors (Lipinski definition) is 0. The minimum absolute atomic E-state index is 0.872. The van der Waals surface area contributed by atoms with Crippen LogP contribution in [0.2, 0.25) is 0 Å². The summed E-state index contributed by atoms with van der Waals surface area (Å²) in [6, 6.07) is 80.7. The van der Waals surface area contributed by atoms with Gasteiger partial charge in [0.25, 0.3) is 0 Å². The largest absolute Gasteiger partial charge is 0.456 e. The van der Waals surface area contributed by atoms with Gasteiger partial charge in [0.05, 0.1) is 11.4 Å². The van der Waals surface area contributed by atoms with Gasteiger partial charge in [-0.3, -0.25) is 0 Å². The average Bonchev–Trinajstić information content (AvgIpc) is 3.30. The van der Waals surface area contributed by atoms with Gasteiger partial charge in [0.1, 0.15) is 11.5 Å². The van der Waals surface area contributed by atoms with Gasteiger partial charge in [-0.2, -0.15) is 0 Å². The monoisotopic (exact) mass is 739 g/mol. The normalized spacial score (nSPS) is 11.6. The first-order chi connectivity index (χ1) is 28.8. The van der Waals surface area contributed by atoms with E-state index in [2.05, 4.69) is 229 Å². The van der Waals surface area contributed by atoms with Crippen molar-refractivity contribution in [2.45, 2.75) is 0 Å². The Labute approximate surface area is 338 Å². The number of ether oxygens (including phenoxy) is 1. The van der Waals surface area contributed by atoms with Crippen LogP contribution in [0, 0.1) is 0 Å². The highest BCUT2D eigenvalue weighted by Crippen LogP contribution is 2.50. The molecule has 1 aliphatic rings. The second kappa shape index (κ2) is 14.1. The van der Waals surface area contributed by atoms with E-state index in [-0.39, 0.29) is 0 Å². The van der Waals surface area contributed by atoms with Crippen LogP contribution in [0.4, 0.5) is 17.1 Å². The molecule has 0 unspecified atom stereocenters. The number of fused-ring (bicyclic) bond motifs is 3. The van der Waals surface area contributed by atoms with Crippen molar-refractivity contribution in [3.63, 3.8) is 0 Å². The molecule has 10 aromatic carbocycles. The summed E-state index contributed by atoms with van der Waals surface area (Å²) in [4.78, 5) is 2.44. The molecule has 0 saturated heterocycles. The molecule has 10 aromatic rings. The van der Waals surface area contributed by atoms with Gasteiger partial charge >= 0.3 is 0 Å². The molecule has 2 nitrogen and oxygen atoms in total.